The first-order chi connectivity index (χ1) is 17.4. The molecular weight excluding hydrogens is 453 g/mol. The summed E-state index contributed by atoms with van der Waals surface area (Å²) in [6, 6.07) is 13.2. The van der Waals surface area contributed by atoms with Crippen LogP contribution in [0.2, 0.25) is 0 Å². The largest absolute Gasteiger partial charge is 0.392 e. The Morgan fingerprint density at radius 1 is 1.08 bits per heavy atom. The van der Waals surface area contributed by atoms with E-state index < -0.39 is 24.2 Å². The number of halogens is 1. The normalized spacial score (nSPS) is 24.1. The Balaban J connectivity index is 1.48. The van der Waals surface area contributed by atoms with Gasteiger partial charge >= 0.3 is 0 Å². The van der Waals surface area contributed by atoms with Crippen molar-refractivity contribution in [1.29, 1.82) is 0 Å². The van der Waals surface area contributed by atoms with Gasteiger partial charge in [-0.25, -0.2) is 4.39 Å². The van der Waals surface area contributed by atoms with Gasteiger partial charge in [0.2, 0.25) is 0 Å². The number of hydrogen-bond acceptors (Lipinski definition) is 5. The summed E-state index contributed by atoms with van der Waals surface area (Å²) in [5.41, 5.74) is 9.83. The number of benzene rings is 2. The molecule has 5 rings (SSSR count). The van der Waals surface area contributed by atoms with Gasteiger partial charge in [-0.05, 0) is 61.4 Å². The van der Waals surface area contributed by atoms with Crippen LogP contribution in [0.15, 0.2) is 53.5 Å². The molecule has 4 unspecified atom stereocenters. The van der Waals surface area contributed by atoms with Gasteiger partial charge < -0.3 is 15.7 Å². The van der Waals surface area contributed by atoms with Crippen LogP contribution in [0.25, 0.3) is 0 Å². The van der Waals surface area contributed by atoms with Gasteiger partial charge in [0, 0.05) is 29.8 Å². The van der Waals surface area contributed by atoms with Crippen LogP contribution < -0.4 is 10.6 Å². The molecular formula is C30H38FN3O2. The number of likely N-dealkylation sites (N-methyl/N-ethyl adjacent to an activating group) is 1. The lowest BCUT2D eigenvalue weighted by Crippen LogP contribution is -2.53. The number of nitrogens with zero attached hydrogens (tertiary/aromatic N) is 2. The van der Waals surface area contributed by atoms with Crippen LogP contribution >= 0.6 is 0 Å². The third-order valence-electron chi connectivity index (χ3n) is 8.45. The van der Waals surface area contributed by atoms with Gasteiger partial charge in [-0.3, -0.25) is 9.79 Å². The average molecular weight is 492 g/mol. The van der Waals surface area contributed by atoms with Gasteiger partial charge in [0.05, 0.1) is 11.8 Å². The summed E-state index contributed by atoms with van der Waals surface area (Å²) in [5.74, 6) is 0.297. The van der Waals surface area contributed by atoms with Crippen molar-refractivity contribution < 1.29 is 14.3 Å². The number of anilines is 1. The Kier molecular flexibility index (Phi) is 7.54. The highest BCUT2D eigenvalue weighted by Gasteiger charge is 2.41. The Hall–Kier alpha value is -2.57. The highest BCUT2D eigenvalue weighted by Crippen LogP contribution is 2.39. The lowest BCUT2D eigenvalue weighted by molar-refractivity contribution is -0.128. The van der Waals surface area contributed by atoms with Crippen molar-refractivity contribution in [3.63, 3.8) is 0 Å². The molecule has 1 aliphatic heterocycles. The molecule has 2 aromatic carbocycles. The Morgan fingerprint density at radius 2 is 1.78 bits per heavy atom. The van der Waals surface area contributed by atoms with Crippen molar-refractivity contribution in [2.24, 2.45) is 28.5 Å². The molecule has 0 radical (unpaired) electrons. The van der Waals surface area contributed by atoms with E-state index in [2.05, 4.69) is 0 Å². The van der Waals surface area contributed by atoms with E-state index in [9.17, 15) is 14.3 Å². The number of benzodiazepines with no additional fused rings is 1. The van der Waals surface area contributed by atoms with Gasteiger partial charge in [0.1, 0.15) is 18.0 Å². The Labute approximate surface area is 213 Å². The van der Waals surface area contributed by atoms with Gasteiger partial charge in [-0.2, -0.15) is 0 Å². The summed E-state index contributed by atoms with van der Waals surface area (Å²) in [6.45, 7) is 0. The van der Waals surface area contributed by atoms with E-state index in [1.807, 2.05) is 36.2 Å². The smallest absolute Gasteiger partial charge is 0.166 e. The fourth-order valence-corrected chi connectivity index (χ4v) is 6.01. The first-order valence-electron chi connectivity index (χ1n) is 13.6. The molecule has 3 N–H and O–H groups in total. The molecule has 0 saturated heterocycles. The summed E-state index contributed by atoms with van der Waals surface area (Å²) in [6.07, 6.45) is 8.23. The highest BCUT2D eigenvalue weighted by molar-refractivity contribution is 6.17. The maximum absolute atomic E-state index is 14.2. The standard InChI is InChI=1S/C30H38FN3O2/c1-34-25-9-5-4-8-23(25)27(21-13-15-22(31)16-14-21)33-28(30(34)32)29(36)24(18-20-10-11-20)26(35)17-12-19-6-2-3-7-19/h4-5,8-9,13-16,19-20,24,26,28,30,35H,2-3,6-7,10-12,17-18,32H2,1H3. The number of Topliss-reactive ketones (excluding diaryl/α,β-unsaturated/α-hetero) is 1. The van der Waals surface area contributed by atoms with Crippen molar-refractivity contribution in [3.05, 3.63) is 65.5 Å². The van der Waals surface area contributed by atoms with Crippen LogP contribution in [0.1, 0.15) is 68.9 Å². The van der Waals surface area contributed by atoms with E-state index in [1.54, 1.807) is 12.1 Å². The highest BCUT2D eigenvalue weighted by atomic mass is 19.1. The zero-order valence-electron chi connectivity index (χ0n) is 21.2. The van der Waals surface area contributed by atoms with Gasteiger partial charge in [0.25, 0.3) is 0 Å². The van der Waals surface area contributed by atoms with Crippen LogP contribution in [0.3, 0.4) is 0 Å². The van der Waals surface area contributed by atoms with Crippen LogP contribution in [-0.2, 0) is 4.79 Å². The number of aliphatic hydroxyl groups excluding tert-OH is 1. The number of aliphatic hydroxyl groups is 1. The third-order valence-corrected chi connectivity index (χ3v) is 8.45. The second-order valence-electron chi connectivity index (χ2n) is 11.0. The number of para-hydroxylation sites is 1. The molecule has 192 valence electrons. The second kappa shape index (κ2) is 10.8. The molecule has 36 heavy (non-hydrogen) atoms. The van der Waals surface area contributed by atoms with Gasteiger partial charge in [-0.1, -0.05) is 56.7 Å². The lowest BCUT2D eigenvalue weighted by atomic mass is 9.83. The fraction of sp³-hybridized carbons (Fsp3) is 0.533. The minimum atomic E-state index is -0.827. The van der Waals surface area contributed by atoms with Gasteiger partial charge in [0.15, 0.2) is 5.78 Å². The van der Waals surface area contributed by atoms with E-state index in [4.69, 9.17) is 10.7 Å². The van der Waals surface area contributed by atoms with Crippen LogP contribution in [0.5, 0.6) is 0 Å². The number of nitrogens with two attached hydrogens (primary N) is 1. The number of hydrogen-bond donors (Lipinski definition) is 2. The molecule has 2 aliphatic carbocycles. The molecule has 6 heteroatoms. The lowest BCUT2D eigenvalue weighted by Gasteiger charge is -2.32. The molecule has 3 aliphatic rings. The van der Waals surface area contributed by atoms with E-state index in [0.29, 0.717) is 30.4 Å². The van der Waals surface area contributed by atoms with Crippen LogP contribution in [0, 0.1) is 23.6 Å². The molecule has 4 atom stereocenters. The topological polar surface area (TPSA) is 78.9 Å². The molecule has 5 nitrogen and oxygen atoms in total. The number of rotatable bonds is 9. The number of carbonyl (C=O) groups is 1. The Morgan fingerprint density at radius 3 is 2.47 bits per heavy atom. The molecule has 2 fully saturated rings. The van der Waals surface area contributed by atoms with Crippen molar-refractivity contribution in [2.75, 3.05) is 11.9 Å². The Bertz CT molecular complexity index is 1090. The minimum Gasteiger partial charge on any atom is -0.392 e. The number of aliphatic imine (C=N–C) groups is 1. The zero-order chi connectivity index (χ0) is 25.2. The first-order valence-corrected chi connectivity index (χ1v) is 13.6. The number of carbonyl (C=O) groups excluding carboxylic acids is 1. The fourth-order valence-electron chi connectivity index (χ4n) is 6.01. The van der Waals surface area contributed by atoms with Crippen molar-refractivity contribution in [2.45, 2.75) is 76.1 Å². The second-order valence-corrected chi connectivity index (χ2v) is 11.0. The predicted molar refractivity (Wildman–Crippen MR) is 142 cm³/mol. The maximum Gasteiger partial charge on any atom is 0.166 e. The number of ketones is 1. The molecule has 2 saturated carbocycles. The van der Waals surface area contributed by atoms with E-state index >= 15 is 0 Å². The molecule has 0 aromatic heterocycles. The molecule has 0 amide bonds. The van der Waals surface area contributed by atoms with Crippen molar-refractivity contribution in [3.8, 4) is 0 Å². The quantitative estimate of drug-likeness (QED) is 0.513. The van der Waals surface area contributed by atoms with E-state index in [-0.39, 0.29) is 11.6 Å². The van der Waals surface area contributed by atoms with E-state index in [1.165, 1.54) is 37.8 Å². The van der Waals surface area contributed by atoms with Crippen molar-refractivity contribution >= 4 is 17.2 Å². The minimum absolute atomic E-state index is 0.0763. The monoisotopic (exact) mass is 491 g/mol. The summed E-state index contributed by atoms with van der Waals surface area (Å²) < 4.78 is 13.7. The maximum atomic E-state index is 14.2. The van der Waals surface area contributed by atoms with E-state index in [0.717, 1.165) is 36.1 Å². The SMILES string of the molecule is CN1c2ccccc2C(c2ccc(F)cc2)=NC(C(=O)C(CC2CC2)C(O)CCC2CCCC2)C1N. The third kappa shape index (κ3) is 5.40. The van der Waals surface area contributed by atoms with Crippen LogP contribution in [-0.4, -0.2) is 42.0 Å². The predicted octanol–water partition coefficient (Wildman–Crippen LogP) is 5.08. The summed E-state index contributed by atoms with van der Waals surface area (Å²) in [4.78, 5) is 21.1. The first kappa shape index (κ1) is 25.1. The van der Waals surface area contributed by atoms with Crippen molar-refractivity contribution in [1.82, 2.24) is 0 Å². The van der Waals surface area contributed by atoms with Gasteiger partial charge in [-0.15, -0.1) is 0 Å². The zero-order valence-corrected chi connectivity index (χ0v) is 21.2. The molecule has 1 heterocycles. The summed E-state index contributed by atoms with van der Waals surface area (Å²) in [5, 5.41) is 11.3. The summed E-state index contributed by atoms with van der Waals surface area (Å²) in [7, 11) is 1.89. The number of fused-ring (bicyclic) bond motifs is 1. The molecule has 2 aromatic rings. The average Bonchev–Trinajstić information content (AvgIpc) is 3.59. The molecule has 0 bridgehead atoms. The summed E-state index contributed by atoms with van der Waals surface area (Å²) >= 11 is 0. The van der Waals surface area contributed by atoms with Crippen LogP contribution in [0.4, 0.5) is 10.1 Å². The molecule has 0 spiro atoms.